The van der Waals surface area contributed by atoms with Gasteiger partial charge < -0.3 is 24.1 Å². The highest BCUT2D eigenvalue weighted by Crippen LogP contribution is 2.47. The van der Waals surface area contributed by atoms with Crippen molar-refractivity contribution in [3.05, 3.63) is 29.6 Å². The Balaban J connectivity index is 1.69. The summed E-state index contributed by atoms with van der Waals surface area (Å²) in [5.74, 6) is -1.91. The molecule has 0 aromatic carbocycles. The van der Waals surface area contributed by atoms with Crippen LogP contribution in [0.4, 0.5) is 0 Å². The van der Waals surface area contributed by atoms with E-state index in [4.69, 9.17) is 18.9 Å². The van der Waals surface area contributed by atoms with Crippen LogP contribution in [0.2, 0.25) is 0 Å². The van der Waals surface area contributed by atoms with E-state index >= 15 is 0 Å². The number of ether oxygens (including phenoxy) is 4. The van der Waals surface area contributed by atoms with Crippen molar-refractivity contribution in [3.8, 4) is 0 Å². The summed E-state index contributed by atoms with van der Waals surface area (Å²) < 4.78 is 23.3. The maximum absolute atomic E-state index is 11.2. The quantitative estimate of drug-likeness (QED) is 0.876. The van der Waals surface area contributed by atoms with Crippen LogP contribution in [0.5, 0.6) is 0 Å². The van der Waals surface area contributed by atoms with Gasteiger partial charge in [0.2, 0.25) is 11.7 Å². The lowest BCUT2D eigenvalue weighted by atomic mass is 10.0. The fraction of sp³-hybridized carbons (Fsp3) is 0.667. The number of rotatable bonds is 2. The van der Waals surface area contributed by atoms with Gasteiger partial charge in [-0.1, -0.05) is 0 Å². The molecule has 4 heterocycles. The van der Waals surface area contributed by atoms with Crippen LogP contribution in [-0.2, 0) is 24.7 Å². The lowest BCUT2D eigenvalue weighted by molar-refractivity contribution is -0.280. The molecular weight excluding hydrogens is 324 g/mol. The molecule has 3 aliphatic heterocycles. The van der Waals surface area contributed by atoms with Gasteiger partial charge in [0.25, 0.3) is 0 Å². The molecule has 7 nitrogen and oxygen atoms in total. The predicted octanol–water partition coefficient (Wildman–Crippen LogP) is 1.72. The first-order valence-electron chi connectivity index (χ1n) is 8.55. The van der Waals surface area contributed by atoms with Crippen LogP contribution in [0.15, 0.2) is 23.3 Å². The van der Waals surface area contributed by atoms with Gasteiger partial charge in [0.05, 0.1) is 11.6 Å². The van der Waals surface area contributed by atoms with Crippen molar-refractivity contribution >= 4 is 5.90 Å². The smallest absolute Gasteiger partial charge is 0.240 e. The van der Waals surface area contributed by atoms with Gasteiger partial charge >= 0.3 is 0 Å². The zero-order valence-corrected chi connectivity index (χ0v) is 15.1. The Bertz CT molecular complexity index is 732. The summed E-state index contributed by atoms with van der Waals surface area (Å²) in [6.07, 6.45) is 0.288. The molecule has 0 spiro atoms. The molecule has 7 heteroatoms. The van der Waals surface area contributed by atoms with Crippen LogP contribution >= 0.6 is 0 Å². The first-order chi connectivity index (χ1) is 11.6. The van der Waals surface area contributed by atoms with Gasteiger partial charge in [-0.2, -0.15) is 0 Å². The Labute approximate surface area is 147 Å². The third-order valence-electron chi connectivity index (χ3n) is 4.68. The van der Waals surface area contributed by atoms with Crippen molar-refractivity contribution in [1.82, 2.24) is 4.98 Å². The molecular formula is C18H24N2O5. The highest BCUT2D eigenvalue weighted by Gasteiger charge is 2.62. The monoisotopic (exact) mass is 348 g/mol. The van der Waals surface area contributed by atoms with E-state index in [1.54, 1.807) is 18.3 Å². The number of aliphatic hydroxyl groups is 1. The van der Waals surface area contributed by atoms with Gasteiger partial charge in [-0.15, -0.1) is 0 Å². The molecule has 25 heavy (non-hydrogen) atoms. The van der Waals surface area contributed by atoms with Crippen molar-refractivity contribution in [3.63, 3.8) is 0 Å². The molecule has 2 fully saturated rings. The number of pyridine rings is 1. The van der Waals surface area contributed by atoms with Crippen LogP contribution in [-0.4, -0.2) is 52.2 Å². The summed E-state index contributed by atoms with van der Waals surface area (Å²) in [5, 5.41) is 11.2. The third-order valence-corrected chi connectivity index (χ3v) is 4.68. The van der Waals surface area contributed by atoms with E-state index < -0.39 is 17.7 Å². The van der Waals surface area contributed by atoms with Gasteiger partial charge in [-0.3, -0.25) is 4.98 Å². The van der Waals surface area contributed by atoms with Crippen LogP contribution in [0.1, 0.15) is 45.9 Å². The van der Waals surface area contributed by atoms with E-state index in [0.29, 0.717) is 18.2 Å². The number of nitrogens with zero attached hydrogens (tertiary/aromatic N) is 2. The second kappa shape index (κ2) is 5.23. The molecule has 0 unspecified atom stereocenters. The molecule has 4 atom stereocenters. The molecule has 0 amide bonds. The SMILES string of the molecule is C[C@H]1O[C@](O)(c2cc(C3=NC(C)(C)CO3)ccn2)[C@@H]2OC(C)(C)O[C@@H]21. The molecule has 0 aliphatic carbocycles. The second-order valence-corrected chi connectivity index (χ2v) is 7.99. The van der Waals surface area contributed by atoms with Gasteiger partial charge in [0, 0.05) is 11.8 Å². The van der Waals surface area contributed by atoms with E-state index in [2.05, 4.69) is 9.98 Å². The van der Waals surface area contributed by atoms with Crippen LogP contribution in [0.3, 0.4) is 0 Å². The van der Waals surface area contributed by atoms with Crippen molar-refractivity contribution < 1.29 is 24.1 Å². The normalized spacial score (nSPS) is 38.3. The van der Waals surface area contributed by atoms with Gasteiger partial charge in [-0.05, 0) is 46.8 Å². The molecule has 0 radical (unpaired) electrons. The van der Waals surface area contributed by atoms with Crippen molar-refractivity contribution in [1.29, 1.82) is 0 Å². The molecule has 0 bridgehead atoms. The number of hydrogen-bond acceptors (Lipinski definition) is 7. The number of aromatic nitrogens is 1. The van der Waals surface area contributed by atoms with Crippen molar-refractivity contribution in [2.45, 2.75) is 70.0 Å². The van der Waals surface area contributed by atoms with Crippen LogP contribution < -0.4 is 0 Å². The Morgan fingerprint density at radius 3 is 2.60 bits per heavy atom. The van der Waals surface area contributed by atoms with E-state index in [1.807, 2.05) is 34.6 Å². The molecule has 4 rings (SSSR count). The molecule has 3 aliphatic rings. The zero-order chi connectivity index (χ0) is 18.0. The standard InChI is InChI=1S/C18H24N2O5/c1-10-13-14(25-17(4,5)24-13)18(21,23-10)12-8-11(6-7-19-12)15-20-16(2,3)9-22-15/h6-8,10,13-14,21H,9H2,1-5H3/t10-,13-,14-,18-/m1/s1. The van der Waals surface area contributed by atoms with Crippen LogP contribution in [0.25, 0.3) is 0 Å². The van der Waals surface area contributed by atoms with Gasteiger partial charge in [0.1, 0.15) is 24.5 Å². The number of fused-ring (bicyclic) bond motifs is 1. The zero-order valence-electron chi connectivity index (χ0n) is 15.1. The van der Waals surface area contributed by atoms with E-state index in [0.717, 1.165) is 5.56 Å². The maximum Gasteiger partial charge on any atom is 0.240 e. The molecule has 1 aromatic heterocycles. The first kappa shape index (κ1) is 16.9. The highest BCUT2D eigenvalue weighted by molar-refractivity contribution is 5.95. The Kier molecular flexibility index (Phi) is 3.54. The molecule has 2 saturated heterocycles. The topological polar surface area (TPSA) is 82.4 Å². The maximum atomic E-state index is 11.2. The lowest BCUT2D eigenvalue weighted by Crippen LogP contribution is -2.41. The predicted molar refractivity (Wildman–Crippen MR) is 89.1 cm³/mol. The fourth-order valence-electron chi connectivity index (χ4n) is 3.55. The molecule has 1 N–H and O–H groups in total. The highest BCUT2D eigenvalue weighted by atomic mass is 16.8. The Morgan fingerprint density at radius 1 is 1.16 bits per heavy atom. The minimum absolute atomic E-state index is 0.258. The Morgan fingerprint density at radius 2 is 1.92 bits per heavy atom. The average molecular weight is 348 g/mol. The van der Waals surface area contributed by atoms with E-state index in [1.165, 1.54) is 0 Å². The van der Waals surface area contributed by atoms with Crippen molar-refractivity contribution in [2.24, 2.45) is 4.99 Å². The minimum Gasteiger partial charge on any atom is -0.475 e. The molecule has 136 valence electrons. The molecule has 1 aromatic rings. The number of aliphatic imine (C=N–C) groups is 1. The average Bonchev–Trinajstić information content (AvgIpc) is 3.12. The third kappa shape index (κ3) is 2.75. The van der Waals surface area contributed by atoms with Gasteiger partial charge in [-0.25, -0.2) is 4.99 Å². The lowest BCUT2D eigenvalue weighted by Gasteiger charge is -2.29. The summed E-state index contributed by atoms with van der Waals surface area (Å²) in [6, 6.07) is 3.54. The Hall–Kier alpha value is -1.54. The summed E-state index contributed by atoms with van der Waals surface area (Å²) >= 11 is 0. The summed E-state index contributed by atoms with van der Waals surface area (Å²) in [5.41, 5.74) is 0.856. The van der Waals surface area contributed by atoms with Crippen LogP contribution in [0, 0.1) is 0 Å². The number of hydrogen-bond donors (Lipinski definition) is 1. The van der Waals surface area contributed by atoms with E-state index in [-0.39, 0.29) is 17.7 Å². The fourth-order valence-corrected chi connectivity index (χ4v) is 3.55. The summed E-state index contributed by atoms with van der Waals surface area (Å²) in [4.78, 5) is 8.90. The largest absolute Gasteiger partial charge is 0.475 e. The first-order valence-corrected chi connectivity index (χ1v) is 8.55. The van der Waals surface area contributed by atoms with E-state index in [9.17, 15) is 5.11 Å². The summed E-state index contributed by atoms with van der Waals surface area (Å²) in [6.45, 7) is 10.0. The summed E-state index contributed by atoms with van der Waals surface area (Å²) in [7, 11) is 0. The molecule has 0 saturated carbocycles. The van der Waals surface area contributed by atoms with Crippen molar-refractivity contribution in [2.75, 3.05) is 6.61 Å². The van der Waals surface area contributed by atoms with Gasteiger partial charge in [0.15, 0.2) is 5.79 Å². The minimum atomic E-state index is -1.68. The second-order valence-electron chi connectivity index (χ2n) is 7.99.